The van der Waals surface area contributed by atoms with Gasteiger partial charge in [0.05, 0.1) is 6.20 Å². The molecule has 0 bridgehead atoms. The first kappa shape index (κ1) is 10.7. The highest BCUT2D eigenvalue weighted by Crippen LogP contribution is 2.31. The number of rotatable bonds is 1. The smallest absolute Gasteiger partial charge is 0.169 e. The molecule has 0 atom stereocenters. The third kappa shape index (κ3) is 1.56. The van der Waals surface area contributed by atoms with E-state index in [4.69, 9.17) is 0 Å². The largest absolute Gasteiger partial charge is 0.234 e. The predicted molar refractivity (Wildman–Crippen MR) is 63.0 cm³/mol. The van der Waals surface area contributed by atoms with Crippen molar-refractivity contribution < 1.29 is 5.03 Å². The molecular formula is C12H14N2O2. The summed E-state index contributed by atoms with van der Waals surface area (Å²) in [5, 5.41) is 11.5. The minimum atomic E-state index is -0.391. The normalized spacial score (nSPS) is 11.9. The second-order valence-corrected chi connectivity index (χ2v) is 4.89. The fourth-order valence-electron chi connectivity index (χ4n) is 1.90. The molecule has 4 heteroatoms. The summed E-state index contributed by atoms with van der Waals surface area (Å²) in [5.74, 6) is 0. The molecule has 1 aromatic carbocycles. The summed E-state index contributed by atoms with van der Waals surface area (Å²) >= 11 is 0. The zero-order valence-electron chi connectivity index (χ0n) is 9.60. The van der Waals surface area contributed by atoms with Crippen LogP contribution >= 0.6 is 0 Å². The van der Waals surface area contributed by atoms with E-state index in [0.29, 0.717) is 5.52 Å². The van der Waals surface area contributed by atoms with Crippen LogP contribution in [0, 0.1) is 10.1 Å². The maximum absolute atomic E-state index is 10.9. The van der Waals surface area contributed by atoms with Crippen molar-refractivity contribution in [3.63, 3.8) is 0 Å². The minimum absolute atomic E-state index is 0.0964. The molecule has 0 aliphatic heterocycles. The SMILES string of the molecule is CC(C)(C)c1cn([N+](=O)[O-])c2ccccc12. The van der Waals surface area contributed by atoms with Gasteiger partial charge in [0.1, 0.15) is 5.52 Å². The molecule has 0 N–H and O–H groups in total. The molecule has 2 aromatic rings. The molecule has 0 amide bonds. The van der Waals surface area contributed by atoms with Gasteiger partial charge in [-0.05, 0) is 17.0 Å². The van der Waals surface area contributed by atoms with Gasteiger partial charge >= 0.3 is 0 Å². The fraction of sp³-hybridized carbons (Fsp3) is 0.333. The molecule has 16 heavy (non-hydrogen) atoms. The molecule has 0 saturated heterocycles. The van der Waals surface area contributed by atoms with Crippen molar-refractivity contribution in [2.75, 3.05) is 0 Å². The van der Waals surface area contributed by atoms with Crippen LogP contribution in [0.15, 0.2) is 30.5 Å². The Kier molecular flexibility index (Phi) is 2.22. The summed E-state index contributed by atoms with van der Waals surface area (Å²) in [4.78, 5) is 10.9. The van der Waals surface area contributed by atoms with Gasteiger partial charge in [-0.15, -0.1) is 0 Å². The summed E-state index contributed by atoms with van der Waals surface area (Å²) in [6.45, 7) is 6.16. The third-order valence-electron chi connectivity index (χ3n) is 2.68. The van der Waals surface area contributed by atoms with E-state index in [1.165, 1.54) is 0 Å². The second-order valence-electron chi connectivity index (χ2n) is 4.89. The molecule has 0 spiro atoms. The van der Waals surface area contributed by atoms with E-state index in [1.807, 2.05) is 18.2 Å². The lowest BCUT2D eigenvalue weighted by molar-refractivity contribution is -0.537. The van der Waals surface area contributed by atoms with Gasteiger partial charge in [-0.2, -0.15) is 0 Å². The van der Waals surface area contributed by atoms with Crippen LogP contribution in [0.5, 0.6) is 0 Å². The van der Waals surface area contributed by atoms with Gasteiger partial charge in [-0.25, -0.2) is 10.1 Å². The summed E-state index contributed by atoms with van der Waals surface area (Å²) in [7, 11) is 0. The van der Waals surface area contributed by atoms with E-state index in [0.717, 1.165) is 15.6 Å². The van der Waals surface area contributed by atoms with Crippen molar-refractivity contribution in [1.82, 2.24) is 4.68 Å². The van der Waals surface area contributed by atoms with E-state index >= 15 is 0 Å². The van der Waals surface area contributed by atoms with Crippen LogP contribution in [0.3, 0.4) is 0 Å². The Bertz CT molecular complexity index is 550. The molecule has 1 heterocycles. The van der Waals surface area contributed by atoms with Crippen LogP contribution < -0.4 is 0 Å². The fourth-order valence-corrected chi connectivity index (χ4v) is 1.90. The van der Waals surface area contributed by atoms with Gasteiger partial charge in [0, 0.05) is 5.39 Å². The minimum Gasteiger partial charge on any atom is -0.234 e. The molecule has 0 aliphatic carbocycles. The molecule has 0 radical (unpaired) electrons. The Morgan fingerprint density at radius 2 is 1.88 bits per heavy atom. The maximum atomic E-state index is 10.9. The molecule has 0 unspecified atom stereocenters. The van der Waals surface area contributed by atoms with Crippen molar-refractivity contribution in [1.29, 1.82) is 0 Å². The number of hydrogen-bond donors (Lipinski definition) is 0. The van der Waals surface area contributed by atoms with Crippen molar-refractivity contribution in [2.45, 2.75) is 26.2 Å². The standard InChI is InChI=1S/C12H14N2O2/c1-12(2,3)10-8-13(14(15)16)11-7-5-4-6-9(10)11/h4-8H,1-3H3. The van der Waals surface area contributed by atoms with E-state index in [2.05, 4.69) is 20.8 Å². The van der Waals surface area contributed by atoms with Crippen LogP contribution in [0.1, 0.15) is 26.3 Å². The van der Waals surface area contributed by atoms with Gasteiger partial charge in [-0.1, -0.05) is 43.6 Å². The summed E-state index contributed by atoms with van der Waals surface area (Å²) in [6.07, 6.45) is 1.62. The van der Waals surface area contributed by atoms with Gasteiger partial charge in [0.15, 0.2) is 5.03 Å². The molecule has 2 rings (SSSR count). The van der Waals surface area contributed by atoms with Crippen molar-refractivity contribution in [3.8, 4) is 0 Å². The summed E-state index contributed by atoms with van der Waals surface area (Å²) in [5.41, 5.74) is 1.55. The molecule has 0 fully saturated rings. The molecule has 0 aliphatic rings. The second kappa shape index (κ2) is 3.33. The Labute approximate surface area is 93.6 Å². The van der Waals surface area contributed by atoms with E-state index in [9.17, 15) is 10.1 Å². The number of hydrogen-bond acceptors (Lipinski definition) is 2. The average Bonchev–Trinajstić information content (AvgIpc) is 2.56. The number of nitrogens with zero attached hydrogens (tertiary/aromatic N) is 2. The number of nitro groups is 1. The Morgan fingerprint density at radius 1 is 1.25 bits per heavy atom. The summed E-state index contributed by atoms with van der Waals surface area (Å²) < 4.78 is 1.09. The van der Waals surface area contributed by atoms with Crippen molar-refractivity contribution in [2.24, 2.45) is 0 Å². The lowest BCUT2D eigenvalue weighted by atomic mass is 9.87. The van der Waals surface area contributed by atoms with Crippen molar-refractivity contribution >= 4 is 10.9 Å². The van der Waals surface area contributed by atoms with E-state index < -0.39 is 5.03 Å². The van der Waals surface area contributed by atoms with Gasteiger partial charge < -0.3 is 0 Å². The van der Waals surface area contributed by atoms with Gasteiger partial charge in [0.2, 0.25) is 0 Å². The Balaban J connectivity index is 2.82. The van der Waals surface area contributed by atoms with Gasteiger partial charge in [-0.3, -0.25) is 0 Å². The summed E-state index contributed by atoms with van der Waals surface area (Å²) in [6, 6.07) is 7.42. The number of benzene rings is 1. The monoisotopic (exact) mass is 218 g/mol. The molecule has 84 valence electrons. The van der Waals surface area contributed by atoms with E-state index in [-0.39, 0.29) is 5.41 Å². The highest BCUT2D eigenvalue weighted by Gasteiger charge is 2.23. The van der Waals surface area contributed by atoms with Crippen molar-refractivity contribution in [3.05, 3.63) is 46.1 Å². The zero-order chi connectivity index (χ0) is 11.9. The van der Waals surface area contributed by atoms with Crippen LogP contribution in [0.4, 0.5) is 0 Å². The zero-order valence-corrected chi connectivity index (χ0v) is 9.60. The van der Waals surface area contributed by atoms with Crippen LogP contribution in [-0.4, -0.2) is 9.71 Å². The van der Waals surface area contributed by atoms with Crippen LogP contribution in [0.25, 0.3) is 10.9 Å². The Hall–Kier alpha value is -1.84. The number of para-hydroxylation sites is 1. The highest BCUT2D eigenvalue weighted by atomic mass is 16.7. The third-order valence-corrected chi connectivity index (χ3v) is 2.68. The first-order chi connectivity index (χ1) is 7.41. The molecule has 0 saturated carbocycles. The number of fused-ring (bicyclic) bond motifs is 1. The van der Waals surface area contributed by atoms with E-state index in [1.54, 1.807) is 12.3 Å². The lowest BCUT2D eigenvalue weighted by Crippen LogP contribution is -2.11. The molecular weight excluding hydrogens is 204 g/mol. The highest BCUT2D eigenvalue weighted by molar-refractivity contribution is 5.84. The molecule has 1 aromatic heterocycles. The lowest BCUT2D eigenvalue weighted by Gasteiger charge is -2.16. The first-order valence-electron chi connectivity index (χ1n) is 5.16. The molecule has 4 nitrogen and oxygen atoms in total. The topological polar surface area (TPSA) is 48.1 Å². The first-order valence-corrected chi connectivity index (χ1v) is 5.16. The maximum Gasteiger partial charge on any atom is 0.169 e. The van der Waals surface area contributed by atoms with Crippen LogP contribution in [-0.2, 0) is 5.41 Å². The number of aromatic nitrogens is 1. The predicted octanol–water partition coefficient (Wildman–Crippen LogP) is 2.98. The van der Waals surface area contributed by atoms with Crippen LogP contribution in [0.2, 0.25) is 0 Å². The Morgan fingerprint density at radius 3 is 2.44 bits per heavy atom. The quantitative estimate of drug-likeness (QED) is 0.545. The van der Waals surface area contributed by atoms with Gasteiger partial charge in [0.25, 0.3) is 0 Å². The average molecular weight is 218 g/mol.